The van der Waals surface area contributed by atoms with Crippen molar-refractivity contribution in [2.24, 2.45) is 0 Å². The Hall–Kier alpha value is -4.71. The molecule has 6 nitrogen and oxygen atoms in total. The van der Waals surface area contributed by atoms with E-state index in [1.807, 2.05) is 54.6 Å². The highest BCUT2D eigenvalue weighted by Gasteiger charge is 2.13. The van der Waals surface area contributed by atoms with Crippen LogP contribution in [0.15, 0.2) is 91.0 Å². The highest BCUT2D eigenvalue weighted by molar-refractivity contribution is 6.01. The van der Waals surface area contributed by atoms with Crippen molar-refractivity contribution in [2.75, 3.05) is 0 Å². The molecule has 0 saturated heterocycles. The topological polar surface area (TPSA) is 92.3 Å². The predicted molar refractivity (Wildman–Crippen MR) is 126 cm³/mol. The molecule has 0 radical (unpaired) electrons. The minimum Gasteiger partial charge on any atom is -0.478 e. The average Bonchev–Trinajstić information content (AvgIpc) is 3.29. The van der Waals surface area contributed by atoms with Gasteiger partial charge < -0.3 is 14.8 Å². The van der Waals surface area contributed by atoms with Gasteiger partial charge in [-0.3, -0.25) is 4.79 Å². The molecule has 0 aliphatic rings. The van der Waals surface area contributed by atoms with Crippen LogP contribution in [0.1, 0.15) is 20.7 Å². The number of nitrogens with one attached hydrogen (secondary N) is 1. The number of para-hydroxylation sites is 1. The molecule has 0 saturated carbocycles. The summed E-state index contributed by atoms with van der Waals surface area (Å²) in [6, 6.07) is 27.6. The van der Waals surface area contributed by atoms with Gasteiger partial charge in [0.05, 0.1) is 11.1 Å². The maximum Gasteiger partial charge on any atom is 0.337 e. The van der Waals surface area contributed by atoms with Crippen LogP contribution in [0.3, 0.4) is 0 Å². The molecule has 160 valence electrons. The molecule has 4 aromatic carbocycles. The van der Waals surface area contributed by atoms with E-state index in [1.165, 1.54) is 0 Å². The molecule has 0 amide bonds. The Morgan fingerprint density at radius 2 is 1.36 bits per heavy atom. The standard InChI is InChI=1S/C27H18N2O4/c30-16-17-4-12-21(13-5-17)33-22-14-10-19(11-15-22)18-6-8-20(9-7-18)26-28-24-3-1-2-23(27(31)32)25(24)29-26/h1-16H,(H,28,29)(H,31,32). The molecule has 0 spiro atoms. The number of carboxylic acids is 1. The Morgan fingerprint density at radius 3 is 1.97 bits per heavy atom. The van der Waals surface area contributed by atoms with Crippen molar-refractivity contribution < 1.29 is 19.4 Å². The fourth-order valence-electron chi connectivity index (χ4n) is 3.63. The SMILES string of the molecule is O=Cc1ccc(Oc2ccc(-c3ccc(-c4nc5c(C(=O)O)cccc5[nH]4)cc3)cc2)cc1. The van der Waals surface area contributed by atoms with Gasteiger partial charge in [0.1, 0.15) is 29.1 Å². The summed E-state index contributed by atoms with van der Waals surface area (Å²) in [6.07, 6.45) is 0.797. The van der Waals surface area contributed by atoms with Crippen LogP contribution in [0.5, 0.6) is 11.5 Å². The Balaban J connectivity index is 1.35. The maximum atomic E-state index is 11.4. The van der Waals surface area contributed by atoms with E-state index in [-0.39, 0.29) is 5.56 Å². The van der Waals surface area contributed by atoms with Crippen molar-refractivity contribution in [3.63, 3.8) is 0 Å². The molecule has 0 bridgehead atoms. The largest absolute Gasteiger partial charge is 0.478 e. The second-order valence-electron chi connectivity index (χ2n) is 7.48. The van der Waals surface area contributed by atoms with Gasteiger partial charge in [-0.15, -0.1) is 0 Å². The lowest BCUT2D eigenvalue weighted by Gasteiger charge is -2.08. The van der Waals surface area contributed by atoms with Gasteiger partial charge in [-0.05, 0) is 59.7 Å². The number of aromatic carboxylic acids is 1. The third kappa shape index (κ3) is 4.09. The first-order chi connectivity index (χ1) is 16.1. The highest BCUT2D eigenvalue weighted by atomic mass is 16.5. The van der Waals surface area contributed by atoms with E-state index in [9.17, 15) is 14.7 Å². The minimum absolute atomic E-state index is 0.175. The number of ether oxygens (including phenoxy) is 1. The summed E-state index contributed by atoms with van der Waals surface area (Å²) in [5, 5.41) is 9.37. The number of carbonyl (C=O) groups is 2. The molecular formula is C27H18N2O4. The number of nitrogens with zero attached hydrogens (tertiary/aromatic N) is 1. The van der Waals surface area contributed by atoms with Gasteiger partial charge in [0.25, 0.3) is 0 Å². The molecule has 2 N–H and O–H groups in total. The van der Waals surface area contributed by atoms with Gasteiger partial charge in [0.15, 0.2) is 0 Å². The van der Waals surface area contributed by atoms with E-state index in [4.69, 9.17) is 4.74 Å². The minimum atomic E-state index is -1.00. The number of fused-ring (bicyclic) bond motifs is 1. The summed E-state index contributed by atoms with van der Waals surface area (Å²) >= 11 is 0. The molecule has 5 rings (SSSR count). The molecular weight excluding hydrogens is 416 g/mol. The first kappa shape index (κ1) is 20.2. The second-order valence-corrected chi connectivity index (χ2v) is 7.48. The molecule has 1 aromatic heterocycles. The number of benzene rings is 4. The fraction of sp³-hybridized carbons (Fsp3) is 0. The van der Waals surface area contributed by atoms with Crippen LogP contribution in [0.4, 0.5) is 0 Å². The number of imidazole rings is 1. The Bertz CT molecular complexity index is 1450. The smallest absolute Gasteiger partial charge is 0.337 e. The first-order valence-corrected chi connectivity index (χ1v) is 10.3. The summed E-state index contributed by atoms with van der Waals surface area (Å²) in [5.74, 6) is 0.981. The van der Waals surface area contributed by atoms with Crippen LogP contribution in [0.2, 0.25) is 0 Å². The lowest BCUT2D eigenvalue weighted by atomic mass is 10.0. The van der Waals surface area contributed by atoms with Crippen molar-refractivity contribution in [3.8, 4) is 34.0 Å². The number of aldehydes is 1. The van der Waals surface area contributed by atoms with Gasteiger partial charge in [-0.2, -0.15) is 0 Å². The van der Waals surface area contributed by atoms with Gasteiger partial charge >= 0.3 is 5.97 Å². The predicted octanol–water partition coefficient (Wildman–Crippen LogP) is 6.20. The lowest BCUT2D eigenvalue weighted by molar-refractivity contribution is 0.0698. The number of aromatic nitrogens is 2. The molecule has 0 atom stereocenters. The molecule has 0 fully saturated rings. The molecule has 33 heavy (non-hydrogen) atoms. The number of H-pyrrole nitrogens is 1. The number of hydrogen-bond donors (Lipinski definition) is 2. The number of rotatable bonds is 6. The number of hydrogen-bond acceptors (Lipinski definition) is 4. The normalized spacial score (nSPS) is 10.8. The van der Waals surface area contributed by atoms with Crippen molar-refractivity contribution in [1.29, 1.82) is 0 Å². The van der Waals surface area contributed by atoms with Gasteiger partial charge in [0, 0.05) is 11.1 Å². The molecule has 0 aliphatic carbocycles. The zero-order valence-electron chi connectivity index (χ0n) is 17.4. The number of carboxylic acid groups (broad SMARTS) is 1. The summed E-state index contributed by atoms with van der Waals surface area (Å²) in [6.45, 7) is 0. The number of aromatic amines is 1. The molecule has 5 aromatic rings. The second kappa shape index (κ2) is 8.43. The summed E-state index contributed by atoms with van der Waals surface area (Å²) in [7, 11) is 0. The lowest BCUT2D eigenvalue weighted by Crippen LogP contribution is -1.96. The quantitative estimate of drug-likeness (QED) is 0.310. The fourth-order valence-corrected chi connectivity index (χ4v) is 3.63. The van der Waals surface area contributed by atoms with Crippen molar-refractivity contribution in [1.82, 2.24) is 9.97 Å². The van der Waals surface area contributed by atoms with E-state index < -0.39 is 5.97 Å². The summed E-state index contributed by atoms with van der Waals surface area (Å²) < 4.78 is 5.83. The van der Waals surface area contributed by atoms with Crippen LogP contribution < -0.4 is 4.74 Å². The van der Waals surface area contributed by atoms with Crippen LogP contribution in [-0.4, -0.2) is 27.3 Å². The first-order valence-electron chi connectivity index (χ1n) is 10.3. The zero-order chi connectivity index (χ0) is 22.8. The van der Waals surface area contributed by atoms with Gasteiger partial charge in [-0.25, -0.2) is 9.78 Å². The Labute approximate surface area is 189 Å². The Morgan fingerprint density at radius 1 is 0.788 bits per heavy atom. The van der Waals surface area contributed by atoms with Crippen LogP contribution in [-0.2, 0) is 0 Å². The van der Waals surface area contributed by atoms with E-state index in [2.05, 4.69) is 9.97 Å². The average molecular weight is 434 g/mol. The van der Waals surface area contributed by atoms with Crippen LogP contribution in [0, 0.1) is 0 Å². The van der Waals surface area contributed by atoms with Crippen LogP contribution in [0.25, 0.3) is 33.5 Å². The Kier molecular flexibility index (Phi) is 5.16. The van der Waals surface area contributed by atoms with E-state index >= 15 is 0 Å². The van der Waals surface area contributed by atoms with Crippen molar-refractivity contribution in [2.45, 2.75) is 0 Å². The molecule has 1 heterocycles. The van der Waals surface area contributed by atoms with Gasteiger partial charge in [0.2, 0.25) is 0 Å². The van der Waals surface area contributed by atoms with Crippen molar-refractivity contribution >= 4 is 23.3 Å². The van der Waals surface area contributed by atoms with E-state index in [1.54, 1.807) is 36.4 Å². The summed E-state index contributed by atoms with van der Waals surface area (Å²) in [5.41, 5.74) is 4.83. The number of carbonyl (C=O) groups excluding carboxylic acids is 1. The van der Waals surface area contributed by atoms with E-state index in [0.717, 1.165) is 23.0 Å². The molecule has 0 aliphatic heterocycles. The maximum absolute atomic E-state index is 11.4. The summed E-state index contributed by atoms with van der Waals surface area (Å²) in [4.78, 5) is 29.9. The highest BCUT2D eigenvalue weighted by Crippen LogP contribution is 2.28. The van der Waals surface area contributed by atoms with Gasteiger partial charge in [-0.1, -0.05) is 42.5 Å². The van der Waals surface area contributed by atoms with Crippen LogP contribution >= 0.6 is 0 Å². The monoisotopic (exact) mass is 434 g/mol. The third-order valence-corrected chi connectivity index (χ3v) is 5.34. The van der Waals surface area contributed by atoms with Crippen molar-refractivity contribution in [3.05, 3.63) is 102 Å². The third-order valence-electron chi connectivity index (χ3n) is 5.34. The van der Waals surface area contributed by atoms with E-state index in [0.29, 0.717) is 33.9 Å². The molecule has 0 unspecified atom stereocenters. The zero-order valence-corrected chi connectivity index (χ0v) is 17.4. The molecule has 6 heteroatoms.